The molecule has 2 aromatic carbocycles. The van der Waals surface area contributed by atoms with Crippen LogP contribution < -0.4 is 0 Å². The summed E-state index contributed by atoms with van der Waals surface area (Å²) in [5.74, 6) is -0.417. The van der Waals surface area contributed by atoms with Gasteiger partial charge in [-0.2, -0.15) is 0 Å². The van der Waals surface area contributed by atoms with Crippen molar-refractivity contribution in [2.75, 3.05) is 0 Å². The fraction of sp³-hybridized carbons (Fsp3) is 0.273. The van der Waals surface area contributed by atoms with Crippen molar-refractivity contribution in [3.05, 3.63) is 84.4 Å². The van der Waals surface area contributed by atoms with Gasteiger partial charge in [-0.25, -0.2) is 9.59 Å². The first-order chi connectivity index (χ1) is 13.2. The predicted molar refractivity (Wildman–Crippen MR) is 102 cm³/mol. The predicted octanol–water partition coefficient (Wildman–Crippen LogP) is 4.09. The molecule has 5 heteroatoms. The van der Waals surface area contributed by atoms with Gasteiger partial charge in [-0.3, -0.25) is 4.90 Å². The number of ether oxygens (including phenoxy) is 2. The molecule has 27 heavy (non-hydrogen) atoms. The van der Waals surface area contributed by atoms with Crippen LogP contribution in [0.25, 0.3) is 0 Å². The molecule has 0 N–H and O–H groups in total. The number of esters is 1. The smallest absolute Gasteiger partial charge is 0.411 e. The maximum atomic E-state index is 12.6. The normalized spacial score (nSPS) is 18.7. The van der Waals surface area contributed by atoms with Crippen LogP contribution in [-0.2, 0) is 27.5 Å². The quantitative estimate of drug-likeness (QED) is 0.572. The van der Waals surface area contributed by atoms with Gasteiger partial charge in [-0.05, 0) is 24.0 Å². The molecule has 140 valence electrons. The molecule has 1 saturated heterocycles. The van der Waals surface area contributed by atoms with Crippen molar-refractivity contribution in [1.82, 2.24) is 4.90 Å². The molecule has 0 spiro atoms. The van der Waals surface area contributed by atoms with Crippen molar-refractivity contribution in [3.8, 4) is 0 Å². The minimum Gasteiger partial charge on any atom is -0.459 e. The summed E-state index contributed by atoms with van der Waals surface area (Å²) in [6.07, 6.45) is 2.34. The van der Waals surface area contributed by atoms with Gasteiger partial charge in [0.05, 0.1) is 6.04 Å². The maximum absolute atomic E-state index is 12.6. The Morgan fingerprint density at radius 2 is 1.48 bits per heavy atom. The zero-order valence-corrected chi connectivity index (χ0v) is 15.1. The molecular formula is C22H23NO4. The lowest BCUT2D eigenvalue weighted by Gasteiger charge is -2.26. The van der Waals surface area contributed by atoms with E-state index in [0.29, 0.717) is 12.8 Å². The Balaban J connectivity index is 1.62. The van der Waals surface area contributed by atoms with Crippen LogP contribution in [0.4, 0.5) is 4.79 Å². The van der Waals surface area contributed by atoms with E-state index in [0.717, 1.165) is 11.1 Å². The third kappa shape index (κ3) is 4.76. The van der Waals surface area contributed by atoms with Gasteiger partial charge < -0.3 is 9.47 Å². The van der Waals surface area contributed by atoms with Crippen molar-refractivity contribution in [1.29, 1.82) is 0 Å². The molecular weight excluding hydrogens is 342 g/mol. The highest BCUT2D eigenvalue weighted by molar-refractivity contribution is 5.82. The highest BCUT2D eigenvalue weighted by Gasteiger charge is 2.41. The Bertz CT molecular complexity index is 775. The molecule has 0 aromatic heterocycles. The monoisotopic (exact) mass is 365 g/mol. The van der Waals surface area contributed by atoms with Crippen LogP contribution in [0.2, 0.25) is 0 Å². The van der Waals surface area contributed by atoms with Crippen LogP contribution in [0, 0.1) is 0 Å². The number of nitrogens with zero attached hydrogens (tertiary/aromatic N) is 1. The fourth-order valence-corrected chi connectivity index (χ4v) is 3.18. The summed E-state index contributed by atoms with van der Waals surface area (Å²) in [6.45, 7) is 4.12. The number of carbonyl (C=O) groups excluding carboxylic acids is 2. The van der Waals surface area contributed by atoms with Crippen molar-refractivity contribution in [2.45, 2.75) is 38.1 Å². The Kier molecular flexibility index (Phi) is 6.26. The maximum Gasteiger partial charge on any atom is 0.411 e. The molecule has 1 fully saturated rings. The number of hydrogen-bond donors (Lipinski definition) is 0. The summed E-state index contributed by atoms with van der Waals surface area (Å²) in [6, 6.07) is 18.0. The number of benzene rings is 2. The molecule has 0 aliphatic carbocycles. The summed E-state index contributed by atoms with van der Waals surface area (Å²) >= 11 is 0. The van der Waals surface area contributed by atoms with Gasteiger partial charge in [0.2, 0.25) is 0 Å². The summed E-state index contributed by atoms with van der Waals surface area (Å²) in [5.41, 5.74) is 1.80. The van der Waals surface area contributed by atoms with Crippen LogP contribution in [0.5, 0.6) is 0 Å². The summed E-state index contributed by atoms with van der Waals surface area (Å²) < 4.78 is 10.8. The Morgan fingerprint density at radius 1 is 0.926 bits per heavy atom. The first kappa shape index (κ1) is 18.7. The van der Waals surface area contributed by atoms with E-state index in [1.54, 1.807) is 6.08 Å². The second-order valence-electron chi connectivity index (χ2n) is 6.44. The largest absolute Gasteiger partial charge is 0.459 e. The molecule has 2 aromatic rings. The number of rotatable bonds is 6. The van der Waals surface area contributed by atoms with Gasteiger partial charge in [0, 0.05) is 0 Å². The molecule has 1 heterocycles. The average Bonchev–Trinajstić information content (AvgIpc) is 3.16. The topological polar surface area (TPSA) is 55.8 Å². The summed E-state index contributed by atoms with van der Waals surface area (Å²) in [5, 5.41) is 0. The summed E-state index contributed by atoms with van der Waals surface area (Å²) in [7, 11) is 0. The second kappa shape index (κ2) is 9.03. The SMILES string of the molecule is C=C[C@@H]1CC[C@@H](C(=O)OCc2ccccc2)N1C(=O)OCc1ccccc1. The molecule has 5 nitrogen and oxygen atoms in total. The molecule has 0 unspecified atom stereocenters. The number of likely N-dealkylation sites (tertiary alicyclic amines) is 1. The Hall–Kier alpha value is -3.08. The van der Waals surface area contributed by atoms with Crippen LogP contribution >= 0.6 is 0 Å². The lowest BCUT2D eigenvalue weighted by atomic mass is 10.2. The highest BCUT2D eigenvalue weighted by atomic mass is 16.6. The third-order valence-corrected chi connectivity index (χ3v) is 4.61. The van der Waals surface area contributed by atoms with Gasteiger partial charge in [0.1, 0.15) is 19.3 Å². The minimum absolute atomic E-state index is 0.159. The molecule has 0 bridgehead atoms. The first-order valence-electron chi connectivity index (χ1n) is 9.01. The van der Waals surface area contributed by atoms with Crippen molar-refractivity contribution in [2.24, 2.45) is 0 Å². The highest BCUT2D eigenvalue weighted by Crippen LogP contribution is 2.27. The standard InChI is InChI=1S/C22H23NO4/c1-2-19-13-14-20(21(24)26-15-17-9-5-3-6-10-17)23(19)22(25)27-16-18-11-7-4-8-12-18/h2-12,19-20H,1,13-16H2/t19-,20+/m1/s1. The lowest BCUT2D eigenvalue weighted by Crippen LogP contribution is -2.45. The number of carbonyl (C=O) groups is 2. The van der Waals surface area contributed by atoms with Gasteiger partial charge in [-0.1, -0.05) is 66.7 Å². The third-order valence-electron chi connectivity index (χ3n) is 4.61. The van der Waals surface area contributed by atoms with E-state index in [2.05, 4.69) is 6.58 Å². The van der Waals surface area contributed by atoms with Crippen molar-refractivity contribution >= 4 is 12.1 Å². The number of hydrogen-bond acceptors (Lipinski definition) is 4. The van der Waals surface area contributed by atoms with Gasteiger partial charge >= 0.3 is 12.1 Å². The molecule has 3 rings (SSSR count). The van der Waals surface area contributed by atoms with Gasteiger partial charge in [0.25, 0.3) is 0 Å². The summed E-state index contributed by atoms with van der Waals surface area (Å²) in [4.78, 5) is 26.6. The van der Waals surface area contributed by atoms with Crippen LogP contribution in [-0.4, -0.2) is 29.0 Å². The minimum atomic E-state index is -0.653. The molecule has 2 atom stereocenters. The van der Waals surface area contributed by atoms with E-state index < -0.39 is 18.1 Å². The van der Waals surface area contributed by atoms with E-state index in [1.807, 2.05) is 60.7 Å². The molecule has 1 amide bonds. The zero-order valence-electron chi connectivity index (χ0n) is 15.1. The van der Waals surface area contributed by atoms with Gasteiger partial charge in [0.15, 0.2) is 0 Å². The van der Waals surface area contributed by atoms with E-state index in [1.165, 1.54) is 4.90 Å². The average molecular weight is 365 g/mol. The Labute approximate surface area is 159 Å². The van der Waals surface area contributed by atoms with Crippen LogP contribution in [0.3, 0.4) is 0 Å². The first-order valence-corrected chi connectivity index (χ1v) is 9.01. The molecule has 0 radical (unpaired) electrons. The van der Waals surface area contributed by atoms with Crippen LogP contribution in [0.1, 0.15) is 24.0 Å². The molecule has 0 saturated carbocycles. The van der Waals surface area contributed by atoms with Crippen molar-refractivity contribution in [3.63, 3.8) is 0 Å². The molecule has 1 aliphatic heterocycles. The zero-order chi connectivity index (χ0) is 19.1. The van der Waals surface area contributed by atoms with Gasteiger partial charge in [-0.15, -0.1) is 6.58 Å². The Morgan fingerprint density at radius 3 is 2.04 bits per heavy atom. The lowest BCUT2D eigenvalue weighted by molar-refractivity contribution is -0.150. The van der Waals surface area contributed by atoms with Crippen molar-refractivity contribution < 1.29 is 19.1 Å². The number of amides is 1. The molecule has 1 aliphatic rings. The fourth-order valence-electron chi connectivity index (χ4n) is 3.18. The van der Waals surface area contributed by atoms with E-state index in [4.69, 9.17) is 9.47 Å². The second-order valence-corrected chi connectivity index (χ2v) is 6.44. The van der Waals surface area contributed by atoms with E-state index >= 15 is 0 Å². The van der Waals surface area contributed by atoms with E-state index in [-0.39, 0.29) is 19.3 Å². The van der Waals surface area contributed by atoms with Crippen LogP contribution in [0.15, 0.2) is 73.3 Å². The van der Waals surface area contributed by atoms with E-state index in [9.17, 15) is 9.59 Å².